The molecule has 2 atom stereocenters. The van der Waals surface area contributed by atoms with Gasteiger partial charge in [0.15, 0.2) is 0 Å². The van der Waals surface area contributed by atoms with Crippen molar-refractivity contribution in [2.24, 2.45) is 5.92 Å². The number of hydrogen-bond donors (Lipinski definition) is 2. The first kappa shape index (κ1) is 19.0. The first-order valence-electron chi connectivity index (χ1n) is 9.72. The fourth-order valence-corrected chi connectivity index (χ4v) is 4.27. The van der Waals surface area contributed by atoms with E-state index in [4.69, 9.17) is 0 Å². The highest BCUT2D eigenvalue weighted by Gasteiger charge is 2.25. The highest BCUT2D eigenvalue weighted by Crippen LogP contribution is 2.29. The number of rotatable bonds is 4. The third-order valence-corrected chi connectivity index (χ3v) is 5.64. The minimum absolute atomic E-state index is 0.0283. The fourth-order valence-electron chi connectivity index (χ4n) is 4.27. The quantitative estimate of drug-likeness (QED) is 0.864. The van der Waals surface area contributed by atoms with Gasteiger partial charge in [0.05, 0.1) is 0 Å². The Morgan fingerprint density at radius 1 is 1.23 bits per heavy atom. The molecule has 0 radical (unpaired) electrons. The Bertz CT molecular complexity index is 605. The van der Waals surface area contributed by atoms with Gasteiger partial charge in [-0.1, -0.05) is 0 Å². The molecule has 6 heteroatoms. The summed E-state index contributed by atoms with van der Waals surface area (Å²) in [5.41, 5.74) is 0.769. The SMILES string of the molecule is CN1CCCC(CCNC(=O)N2CCCC(c3cc(O)cc(F)c3)C2)C1. The molecular weight excluding hydrogens is 333 g/mol. The maximum Gasteiger partial charge on any atom is 0.317 e. The molecule has 0 aliphatic carbocycles. The number of phenols is 1. The Hall–Kier alpha value is -1.82. The van der Waals surface area contributed by atoms with Crippen LogP contribution in [-0.2, 0) is 0 Å². The molecule has 3 rings (SSSR count). The summed E-state index contributed by atoms with van der Waals surface area (Å²) in [4.78, 5) is 16.7. The first-order chi connectivity index (χ1) is 12.5. The lowest BCUT2D eigenvalue weighted by molar-refractivity contribution is 0.175. The van der Waals surface area contributed by atoms with Crippen molar-refractivity contribution in [3.05, 3.63) is 29.6 Å². The van der Waals surface area contributed by atoms with Gasteiger partial charge < -0.3 is 20.2 Å². The van der Waals surface area contributed by atoms with Gasteiger partial charge in [-0.05, 0) is 69.3 Å². The van der Waals surface area contributed by atoms with Crippen molar-refractivity contribution in [3.63, 3.8) is 0 Å². The fraction of sp³-hybridized carbons (Fsp3) is 0.650. The number of piperidine rings is 2. The van der Waals surface area contributed by atoms with Crippen LogP contribution in [0.15, 0.2) is 18.2 Å². The topological polar surface area (TPSA) is 55.8 Å². The minimum atomic E-state index is -0.431. The average Bonchev–Trinajstić information content (AvgIpc) is 2.61. The summed E-state index contributed by atoms with van der Waals surface area (Å²) in [7, 11) is 2.16. The highest BCUT2D eigenvalue weighted by atomic mass is 19.1. The predicted molar refractivity (Wildman–Crippen MR) is 99.8 cm³/mol. The monoisotopic (exact) mass is 363 g/mol. The molecule has 1 aromatic carbocycles. The molecule has 0 bridgehead atoms. The zero-order valence-electron chi connectivity index (χ0n) is 15.6. The van der Waals surface area contributed by atoms with Crippen molar-refractivity contribution >= 4 is 6.03 Å². The standard InChI is InChI=1S/C20H30FN3O2/c1-23-8-2-4-15(13-23)6-7-22-20(26)24-9-3-5-16(14-24)17-10-18(21)12-19(25)11-17/h10-12,15-16,25H,2-9,13-14H2,1H3,(H,22,26). The van der Waals surface area contributed by atoms with Crippen molar-refractivity contribution in [2.45, 2.75) is 38.0 Å². The maximum absolute atomic E-state index is 13.6. The molecule has 2 unspecified atom stereocenters. The molecule has 0 spiro atoms. The van der Waals surface area contributed by atoms with Gasteiger partial charge in [0, 0.05) is 38.2 Å². The van der Waals surface area contributed by atoms with E-state index in [0.29, 0.717) is 19.0 Å². The van der Waals surface area contributed by atoms with Crippen LogP contribution in [0.5, 0.6) is 5.75 Å². The Balaban J connectivity index is 1.48. The summed E-state index contributed by atoms with van der Waals surface area (Å²) < 4.78 is 13.6. The summed E-state index contributed by atoms with van der Waals surface area (Å²) in [5, 5.41) is 12.7. The van der Waals surface area contributed by atoms with E-state index in [1.807, 2.05) is 4.90 Å². The van der Waals surface area contributed by atoms with Crippen LogP contribution < -0.4 is 5.32 Å². The van der Waals surface area contributed by atoms with Crippen molar-refractivity contribution in [3.8, 4) is 5.75 Å². The van der Waals surface area contributed by atoms with E-state index in [0.717, 1.165) is 44.0 Å². The molecule has 2 N–H and O–H groups in total. The van der Waals surface area contributed by atoms with E-state index in [1.165, 1.54) is 25.5 Å². The van der Waals surface area contributed by atoms with E-state index < -0.39 is 5.82 Å². The van der Waals surface area contributed by atoms with Crippen LogP contribution >= 0.6 is 0 Å². The maximum atomic E-state index is 13.6. The van der Waals surface area contributed by atoms with Gasteiger partial charge in [-0.15, -0.1) is 0 Å². The molecule has 2 aliphatic rings. The van der Waals surface area contributed by atoms with Crippen LogP contribution in [-0.4, -0.2) is 60.7 Å². The second-order valence-electron chi connectivity index (χ2n) is 7.82. The van der Waals surface area contributed by atoms with Crippen LogP contribution in [0.4, 0.5) is 9.18 Å². The van der Waals surface area contributed by atoms with Gasteiger partial charge in [-0.3, -0.25) is 0 Å². The third-order valence-electron chi connectivity index (χ3n) is 5.64. The smallest absolute Gasteiger partial charge is 0.317 e. The largest absolute Gasteiger partial charge is 0.508 e. The number of aromatic hydroxyl groups is 1. The van der Waals surface area contributed by atoms with Gasteiger partial charge in [0.1, 0.15) is 11.6 Å². The summed E-state index contributed by atoms with van der Waals surface area (Å²) in [5.74, 6) is 0.250. The number of nitrogens with zero attached hydrogens (tertiary/aromatic N) is 2. The van der Waals surface area contributed by atoms with Crippen molar-refractivity contribution in [1.29, 1.82) is 0 Å². The second-order valence-corrected chi connectivity index (χ2v) is 7.82. The highest BCUT2D eigenvalue weighted by molar-refractivity contribution is 5.74. The number of nitrogens with one attached hydrogen (secondary N) is 1. The van der Waals surface area contributed by atoms with Gasteiger partial charge in [0.2, 0.25) is 0 Å². The number of phenolic OH excluding ortho intramolecular Hbond substituents is 1. The second kappa shape index (κ2) is 8.71. The van der Waals surface area contributed by atoms with E-state index in [9.17, 15) is 14.3 Å². The van der Waals surface area contributed by atoms with E-state index in [-0.39, 0.29) is 17.7 Å². The van der Waals surface area contributed by atoms with E-state index in [1.54, 1.807) is 6.07 Å². The van der Waals surface area contributed by atoms with Crippen LogP contribution in [0, 0.1) is 11.7 Å². The third kappa shape index (κ3) is 5.10. The predicted octanol–water partition coefficient (Wildman–Crippen LogP) is 3.15. The molecule has 26 heavy (non-hydrogen) atoms. The number of amides is 2. The molecule has 144 valence electrons. The lowest BCUT2D eigenvalue weighted by Crippen LogP contribution is -2.45. The van der Waals surface area contributed by atoms with Crippen molar-refractivity contribution in [1.82, 2.24) is 15.1 Å². The molecule has 2 saturated heterocycles. The number of urea groups is 1. The number of carbonyl (C=O) groups excluding carboxylic acids is 1. The first-order valence-corrected chi connectivity index (χ1v) is 9.72. The number of hydrogen-bond acceptors (Lipinski definition) is 3. The van der Waals surface area contributed by atoms with Gasteiger partial charge in [-0.25, -0.2) is 9.18 Å². The van der Waals surface area contributed by atoms with Gasteiger partial charge in [0.25, 0.3) is 0 Å². The molecule has 2 amide bonds. The van der Waals surface area contributed by atoms with Crippen molar-refractivity contribution < 1.29 is 14.3 Å². The number of carbonyl (C=O) groups is 1. The van der Waals surface area contributed by atoms with Gasteiger partial charge in [-0.2, -0.15) is 0 Å². The Kier molecular flexibility index (Phi) is 6.35. The Morgan fingerprint density at radius 2 is 2.04 bits per heavy atom. The number of benzene rings is 1. The normalized spacial score (nSPS) is 24.5. The molecule has 2 fully saturated rings. The minimum Gasteiger partial charge on any atom is -0.508 e. The molecule has 2 heterocycles. The Morgan fingerprint density at radius 3 is 2.81 bits per heavy atom. The molecule has 2 aliphatic heterocycles. The zero-order valence-corrected chi connectivity index (χ0v) is 15.6. The van der Waals surface area contributed by atoms with Crippen LogP contribution in [0.25, 0.3) is 0 Å². The molecular formula is C20H30FN3O2. The number of likely N-dealkylation sites (tertiary alicyclic amines) is 2. The molecule has 0 aromatic heterocycles. The summed E-state index contributed by atoms with van der Waals surface area (Å²) in [6.45, 7) is 4.30. The average molecular weight is 363 g/mol. The molecule has 5 nitrogen and oxygen atoms in total. The summed E-state index contributed by atoms with van der Waals surface area (Å²) in [6, 6.07) is 4.15. The molecule has 0 saturated carbocycles. The van der Waals surface area contributed by atoms with Crippen LogP contribution in [0.3, 0.4) is 0 Å². The number of halogens is 1. The Labute approximate surface area is 155 Å². The van der Waals surface area contributed by atoms with Gasteiger partial charge >= 0.3 is 6.03 Å². The van der Waals surface area contributed by atoms with E-state index in [2.05, 4.69) is 17.3 Å². The molecule has 1 aromatic rings. The summed E-state index contributed by atoms with van der Waals surface area (Å²) >= 11 is 0. The zero-order chi connectivity index (χ0) is 18.5. The van der Waals surface area contributed by atoms with E-state index >= 15 is 0 Å². The van der Waals surface area contributed by atoms with Crippen LogP contribution in [0.2, 0.25) is 0 Å². The lowest BCUT2D eigenvalue weighted by atomic mass is 9.90. The summed E-state index contributed by atoms with van der Waals surface area (Å²) in [6.07, 6.45) is 5.30. The van der Waals surface area contributed by atoms with Crippen molar-refractivity contribution in [2.75, 3.05) is 39.8 Å². The van der Waals surface area contributed by atoms with Crippen LogP contribution in [0.1, 0.15) is 43.6 Å². The lowest BCUT2D eigenvalue weighted by Gasteiger charge is -2.33.